The van der Waals surface area contributed by atoms with E-state index in [0.29, 0.717) is 57.9 Å². The third-order valence-corrected chi connectivity index (χ3v) is 9.65. The number of amides is 3. The second kappa shape index (κ2) is 11.6. The molecule has 1 saturated carbocycles. The fraction of sp³-hybridized carbons (Fsp3) is 0.457. The number of carbonyl (C=O) groups is 3. The predicted molar refractivity (Wildman–Crippen MR) is 172 cm³/mol. The summed E-state index contributed by atoms with van der Waals surface area (Å²) in [5, 5.41) is 4.27. The number of carbonyl (C=O) groups excluding carboxylic acids is 3. The number of benzene rings is 2. The lowest BCUT2D eigenvalue weighted by Crippen LogP contribution is -2.57. The van der Waals surface area contributed by atoms with Crippen LogP contribution >= 0.6 is 0 Å². The zero-order valence-electron chi connectivity index (χ0n) is 26.4. The zero-order valence-corrected chi connectivity index (χ0v) is 26.4. The number of amidine groups is 1. The fourth-order valence-corrected chi connectivity index (χ4v) is 6.82. The minimum atomic E-state index is -0.849. The van der Waals surface area contributed by atoms with Gasteiger partial charge in [-0.3, -0.25) is 29.0 Å². The molecule has 3 fully saturated rings. The maximum absolute atomic E-state index is 14.2. The Morgan fingerprint density at radius 1 is 0.867 bits per heavy atom. The Balaban J connectivity index is 1.10. The molecule has 4 aliphatic rings. The third-order valence-electron chi connectivity index (χ3n) is 9.65. The van der Waals surface area contributed by atoms with Crippen molar-refractivity contribution < 1.29 is 14.4 Å². The molecule has 1 aromatic heterocycles. The van der Waals surface area contributed by atoms with Crippen molar-refractivity contribution in [1.82, 2.24) is 29.4 Å². The molecule has 10 heteroatoms. The second-order valence-electron chi connectivity index (χ2n) is 13.4. The molecule has 3 amide bonds. The van der Waals surface area contributed by atoms with E-state index in [4.69, 9.17) is 4.99 Å². The Bertz CT molecular complexity index is 1620. The molecule has 10 nitrogen and oxygen atoms in total. The van der Waals surface area contributed by atoms with E-state index in [0.717, 1.165) is 40.7 Å². The normalized spacial score (nSPS) is 19.8. The van der Waals surface area contributed by atoms with Crippen molar-refractivity contribution in [3.05, 3.63) is 66.5 Å². The van der Waals surface area contributed by atoms with Crippen LogP contribution in [0, 0.1) is 11.8 Å². The summed E-state index contributed by atoms with van der Waals surface area (Å²) >= 11 is 0. The molecule has 0 N–H and O–H groups in total. The molecule has 45 heavy (non-hydrogen) atoms. The number of nitrogens with zero attached hydrogens (tertiary/aromatic N) is 7. The highest BCUT2D eigenvalue weighted by Gasteiger charge is 2.51. The van der Waals surface area contributed by atoms with E-state index < -0.39 is 5.54 Å². The first kappa shape index (κ1) is 29.4. The molecule has 2 saturated heterocycles. The highest BCUT2D eigenvalue weighted by atomic mass is 16.2. The molecule has 2 aromatic carbocycles. The molecule has 0 unspecified atom stereocenters. The van der Waals surface area contributed by atoms with Crippen LogP contribution in [-0.4, -0.2) is 112 Å². The first-order chi connectivity index (χ1) is 21.7. The van der Waals surface area contributed by atoms with Gasteiger partial charge >= 0.3 is 0 Å². The molecule has 7 rings (SSSR count). The molecule has 0 radical (unpaired) electrons. The zero-order chi connectivity index (χ0) is 31.3. The minimum Gasteiger partial charge on any atom is -0.342 e. The van der Waals surface area contributed by atoms with Gasteiger partial charge in [0.05, 0.1) is 12.7 Å². The first-order valence-corrected chi connectivity index (χ1v) is 16.0. The number of likely N-dealkylation sites (tertiary alicyclic amines) is 2. The van der Waals surface area contributed by atoms with Gasteiger partial charge in [0.2, 0.25) is 11.8 Å². The first-order valence-electron chi connectivity index (χ1n) is 16.0. The molecule has 0 bridgehead atoms. The average molecular weight is 608 g/mol. The van der Waals surface area contributed by atoms with Crippen molar-refractivity contribution in [1.29, 1.82) is 0 Å². The molecule has 0 atom stereocenters. The predicted octanol–water partition coefficient (Wildman–Crippen LogP) is 3.13. The lowest BCUT2D eigenvalue weighted by Gasteiger charge is -2.42. The van der Waals surface area contributed by atoms with E-state index in [-0.39, 0.29) is 29.6 Å². The lowest BCUT2D eigenvalue weighted by atomic mass is 9.87. The van der Waals surface area contributed by atoms with Crippen molar-refractivity contribution in [3.63, 3.8) is 0 Å². The van der Waals surface area contributed by atoms with Crippen molar-refractivity contribution >= 4 is 23.6 Å². The number of rotatable bonds is 8. The molecule has 4 heterocycles. The summed E-state index contributed by atoms with van der Waals surface area (Å²) in [6, 6.07) is 16.7. The summed E-state index contributed by atoms with van der Waals surface area (Å²) in [6.45, 7) is 3.33. The second-order valence-corrected chi connectivity index (χ2v) is 13.4. The number of hydrogen-bond acceptors (Lipinski definition) is 6. The van der Waals surface area contributed by atoms with Crippen LogP contribution in [0.15, 0.2) is 65.9 Å². The Morgan fingerprint density at radius 3 is 1.98 bits per heavy atom. The smallest absolute Gasteiger partial charge is 0.256 e. The largest absolute Gasteiger partial charge is 0.342 e. The number of aromatic nitrogens is 2. The van der Waals surface area contributed by atoms with Gasteiger partial charge < -0.3 is 14.7 Å². The van der Waals surface area contributed by atoms with Gasteiger partial charge in [-0.2, -0.15) is 5.10 Å². The van der Waals surface area contributed by atoms with Crippen LogP contribution in [0.4, 0.5) is 0 Å². The van der Waals surface area contributed by atoms with E-state index in [9.17, 15) is 14.4 Å². The summed E-state index contributed by atoms with van der Waals surface area (Å²) in [6.07, 6.45) is 6.91. The lowest BCUT2D eigenvalue weighted by molar-refractivity contribution is -0.141. The van der Waals surface area contributed by atoms with Crippen LogP contribution in [0.1, 0.15) is 31.2 Å². The maximum atomic E-state index is 14.2. The standard InChI is InChI=1S/C35H41N7O3/c1-38(2)23-31(43)40-16-14-35(15-17-40)34(45)42(21-24-19-41(20-24)33(44)29-12-13-29)32(37-35)28-10-8-26(9-11-28)25-4-6-27(7-5-25)30-18-36-39(3)22-30/h4-11,18,22,24,29H,12-17,19-21,23H2,1-3H3. The van der Waals surface area contributed by atoms with E-state index in [1.54, 1.807) is 4.68 Å². The minimum absolute atomic E-state index is 0.0271. The van der Waals surface area contributed by atoms with Crippen LogP contribution in [-0.2, 0) is 21.4 Å². The van der Waals surface area contributed by atoms with Gasteiger partial charge in [0.25, 0.3) is 5.91 Å². The average Bonchev–Trinajstić information content (AvgIpc) is 3.73. The van der Waals surface area contributed by atoms with E-state index in [1.165, 1.54) is 0 Å². The Labute approximate surface area is 264 Å². The number of aliphatic imine (C=N–C) groups is 1. The third kappa shape index (κ3) is 5.79. The molecule has 3 aliphatic heterocycles. The van der Waals surface area contributed by atoms with Crippen LogP contribution in [0.2, 0.25) is 0 Å². The fourth-order valence-electron chi connectivity index (χ4n) is 6.82. The Hall–Kier alpha value is -4.31. The van der Waals surface area contributed by atoms with Crippen molar-refractivity contribution in [3.8, 4) is 22.3 Å². The number of piperidine rings is 1. The molecule has 3 aromatic rings. The molecular formula is C35H41N7O3. The van der Waals surface area contributed by atoms with Crippen LogP contribution in [0.3, 0.4) is 0 Å². The van der Waals surface area contributed by atoms with Gasteiger partial charge in [0, 0.05) is 68.9 Å². The van der Waals surface area contributed by atoms with Gasteiger partial charge in [-0.25, -0.2) is 0 Å². The van der Waals surface area contributed by atoms with Crippen LogP contribution in [0.25, 0.3) is 22.3 Å². The SMILES string of the molecule is CN(C)CC(=O)N1CCC2(CC1)N=C(c1ccc(-c3ccc(-c4cnn(C)c4)cc3)cc1)N(CC1CN(C(=O)C3CC3)C1)C2=O. The van der Waals surface area contributed by atoms with Gasteiger partial charge in [-0.05, 0) is 56.5 Å². The quantitative estimate of drug-likeness (QED) is 0.392. The highest BCUT2D eigenvalue weighted by Crippen LogP contribution is 2.38. The number of aryl methyl sites for hydroxylation is 1. The summed E-state index contributed by atoms with van der Waals surface area (Å²) in [5.41, 5.74) is 4.45. The van der Waals surface area contributed by atoms with Gasteiger partial charge in [0.15, 0.2) is 0 Å². The van der Waals surface area contributed by atoms with Gasteiger partial charge in [-0.1, -0.05) is 48.5 Å². The monoisotopic (exact) mass is 607 g/mol. The summed E-state index contributed by atoms with van der Waals surface area (Å²) in [5.74, 6) is 1.53. The van der Waals surface area contributed by atoms with E-state index in [2.05, 4.69) is 53.6 Å². The Kier molecular flexibility index (Phi) is 7.55. The highest BCUT2D eigenvalue weighted by molar-refractivity contribution is 6.15. The van der Waals surface area contributed by atoms with Crippen LogP contribution in [0.5, 0.6) is 0 Å². The molecule has 1 spiro atoms. The van der Waals surface area contributed by atoms with Gasteiger partial charge in [-0.15, -0.1) is 0 Å². The topological polar surface area (TPSA) is 94.3 Å². The summed E-state index contributed by atoms with van der Waals surface area (Å²) in [4.78, 5) is 52.2. The van der Waals surface area contributed by atoms with Crippen molar-refractivity contribution in [2.75, 3.05) is 53.4 Å². The molecule has 1 aliphatic carbocycles. The number of hydrogen-bond donors (Lipinski definition) is 0. The van der Waals surface area contributed by atoms with E-state index >= 15 is 0 Å². The summed E-state index contributed by atoms with van der Waals surface area (Å²) in [7, 11) is 5.69. The molecule has 234 valence electrons. The molecular weight excluding hydrogens is 566 g/mol. The Morgan fingerprint density at radius 2 is 1.44 bits per heavy atom. The van der Waals surface area contributed by atoms with Crippen molar-refractivity contribution in [2.24, 2.45) is 23.9 Å². The number of likely N-dealkylation sites (N-methyl/N-ethyl adjacent to an activating group) is 1. The van der Waals surface area contributed by atoms with Crippen molar-refractivity contribution in [2.45, 2.75) is 31.2 Å². The van der Waals surface area contributed by atoms with Gasteiger partial charge in [0.1, 0.15) is 11.4 Å². The van der Waals surface area contributed by atoms with E-state index in [1.807, 2.05) is 53.1 Å². The maximum Gasteiger partial charge on any atom is 0.256 e. The van der Waals surface area contributed by atoms with Crippen LogP contribution < -0.4 is 0 Å². The summed E-state index contributed by atoms with van der Waals surface area (Å²) < 4.78 is 1.80.